The molecular weight excluding hydrogens is 368 g/mol. The van der Waals surface area contributed by atoms with Crippen molar-refractivity contribution < 1.29 is 8.78 Å². The van der Waals surface area contributed by atoms with Gasteiger partial charge in [0.25, 0.3) is 0 Å². The molecule has 3 rings (SSSR count). The number of rotatable bonds is 6. The number of nitrogens with zero attached hydrogens (tertiary/aromatic N) is 3. The van der Waals surface area contributed by atoms with Crippen molar-refractivity contribution in [3.05, 3.63) is 45.9 Å². The fraction of sp³-hybridized carbons (Fsp3) is 0.474. The summed E-state index contributed by atoms with van der Waals surface area (Å²) in [5.74, 6) is -0.346. The van der Waals surface area contributed by atoms with E-state index in [1.807, 2.05) is 4.90 Å². The summed E-state index contributed by atoms with van der Waals surface area (Å²) in [7, 11) is 1.74. The van der Waals surface area contributed by atoms with Gasteiger partial charge in [-0.3, -0.25) is 4.99 Å². The van der Waals surface area contributed by atoms with Crippen LogP contribution in [0.3, 0.4) is 0 Å². The van der Waals surface area contributed by atoms with Crippen molar-refractivity contribution in [2.45, 2.75) is 32.2 Å². The minimum Gasteiger partial charge on any atom is -0.367 e. The average molecular weight is 394 g/mol. The molecule has 1 aliphatic rings. The van der Waals surface area contributed by atoms with E-state index < -0.39 is 11.6 Å². The van der Waals surface area contributed by atoms with Crippen LogP contribution in [-0.2, 0) is 12.8 Å². The fourth-order valence-corrected chi connectivity index (χ4v) is 3.94. The molecule has 0 radical (unpaired) electrons. The maximum absolute atomic E-state index is 14.0. The lowest BCUT2D eigenvalue weighted by Crippen LogP contribution is -2.45. The molecule has 1 saturated heterocycles. The van der Waals surface area contributed by atoms with Crippen molar-refractivity contribution in [2.75, 3.05) is 31.6 Å². The van der Waals surface area contributed by atoms with Crippen LogP contribution in [0.4, 0.5) is 14.5 Å². The Morgan fingerprint density at radius 1 is 1.41 bits per heavy atom. The standard InChI is InChI=1S/C19H25F2N5S/c1-3-18-24-15(12-27-18)6-8-23-19(22-2)25-14-7-9-26(11-14)17-5-4-13(20)10-16(17)21/h4-5,10,12,14H,3,6-9,11H2,1-2H3,(H2,22,23,25). The van der Waals surface area contributed by atoms with Crippen LogP contribution >= 0.6 is 11.3 Å². The molecule has 2 N–H and O–H groups in total. The van der Waals surface area contributed by atoms with Crippen molar-refractivity contribution >= 4 is 23.0 Å². The lowest BCUT2D eigenvalue weighted by atomic mass is 10.2. The van der Waals surface area contributed by atoms with Crippen molar-refractivity contribution in [1.82, 2.24) is 15.6 Å². The molecule has 1 aromatic carbocycles. The predicted molar refractivity (Wildman–Crippen MR) is 107 cm³/mol. The number of aliphatic imine (C=N–C) groups is 1. The molecule has 8 heteroatoms. The van der Waals surface area contributed by atoms with E-state index in [4.69, 9.17) is 0 Å². The highest BCUT2D eigenvalue weighted by atomic mass is 32.1. The first-order chi connectivity index (χ1) is 13.1. The van der Waals surface area contributed by atoms with Crippen molar-refractivity contribution in [3.8, 4) is 0 Å². The fourth-order valence-electron chi connectivity index (χ4n) is 3.16. The van der Waals surface area contributed by atoms with Crippen LogP contribution in [0.15, 0.2) is 28.6 Å². The van der Waals surface area contributed by atoms with E-state index in [1.54, 1.807) is 18.4 Å². The van der Waals surface area contributed by atoms with Gasteiger partial charge in [-0.25, -0.2) is 13.8 Å². The highest BCUT2D eigenvalue weighted by molar-refractivity contribution is 7.09. The largest absolute Gasteiger partial charge is 0.367 e. The van der Waals surface area contributed by atoms with Gasteiger partial charge in [0.2, 0.25) is 0 Å². The van der Waals surface area contributed by atoms with Crippen molar-refractivity contribution in [2.24, 2.45) is 4.99 Å². The van der Waals surface area contributed by atoms with Gasteiger partial charge in [0.15, 0.2) is 5.96 Å². The Hall–Kier alpha value is -2.22. The summed E-state index contributed by atoms with van der Waals surface area (Å²) in [6.07, 6.45) is 2.67. The smallest absolute Gasteiger partial charge is 0.191 e. The van der Waals surface area contributed by atoms with E-state index in [-0.39, 0.29) is 6.04 Å². The Bertz CT molecular complexity index is 792. The molecule has 146 valence electrons. The normalized spacial score (nSPS) is 17.4. The van der Waals surface area contributed by atoms with Gasteiger partial charge >= 0.3 is 0 Å². The summed E-state index contributed by atoms with van der Waals surface area (Å²) in [4.78, 5) is 10.8. The third-order valence-corrected chi connectivity index (χ3v) is 5.62. The average Bonchev–Trinajstić information content (AvgIpc) is 3.30. The number of aryl methyl sites for hydroxylation is 1. The van der Waals surface area contributed by atoms with Gasteiger partial charge in [-0.15, -0.1) is 11.3 Å². The van der Waals surface area contributed by atoms with Crippen LogP contribution in [-0.4, -0.2) is 43.7 Å². The predicted octanol–water partition coefficient (Wildman–Crippen LogP) is 2.97. The summed E-state index contributed by atoms with van der Waals surface area (Å²) >= 11 is 1.70. The van der Waals surface area contributed by atoms with Crippen LogP contribution < -0.4 is 15.5 Å². The molecule has 5 nitrogen and oxygen atoms in total. The third kappa shape index (κ3) is 5.15. The Balaban J connectivity index is 1.47. The van der Waals surface area contributed by atoms with Gasteiger partial charge in [0, 0.05) is 50.6 Å². The topological polar surface area (TPSA) is 52.6 Å². The molecule has 1 aliphatic heterocycles. The highest BCUT2D eigenvalue weighted by Crippen LogP contribution is 2.24. The zero-order valence-corrected chi connectivity index (χ0v) is 16.5. The lowest BCUT2D eigenvalue weighted by molar-refractivity contribution is 0.580. The molecule has 0 aliphatic carbocycles. The minimum absolute atomic E-state index is 0.159. The second kappa shape index (κ2) is 9.12. The molecule has 0 bridgehead atoms. The number of thiazole rings is 1. The number of guanidine groups is 1. The SMILES string of the molecule is CCc1nc(CCNC(=NC)NC2CCN(c3ccc(F)cc3F)C2)cs1. The van der Waals surface area contributed by atoms with E-state index in [1.165, 1.54) is 12.1 Å². The molecule has 1 fully saturated rings. The molecule has 0 saturated carbocycles. The first-order valence-corrected chi connectivity index (χ1v) is 10.1. The molecule has 1 aromatic heterocycles. The number of hydrogen-bond donors (Lipinski definition) is 2. The molecule has 0 spiro atoms. The number of anilines is 1. The Morgan fingerprint density at radius 2 is 2.26 bits per heavy atom. The third-order valence-electron chi connectivity index (χ3n) is 4.58. The van der Waals surface area contributed by atoms with Crippen molar-refractivity contribution in [1.29, 1.82) is 0 Å². The van der Waals surface area contributed by atoms with Crippen LogP contribution in [0.2, 0.25) is 0 Å². The lowest BCUT2D eigenvalue weighted by Gasteiger charge is -2.21. The Kier molecular flexibility index (Phi) is 6.60. The Morgan fingerprint density at radius 3 is 2.96 bits per heavy atom. The summed E-state index contributed by atoms with van der Waals surface area (Å²) in [6, 6.07) is 3.88. The van der Waals surface area contributed by atoms with Crippen molar-refractivity contribution in [3.63, 3.8) is 0 Å². The maximum atomic E-state index is 14.0. The van der Waals surface area contributed by atoms with Crippen LogP contribution in [0, 0.1) is 11.6 Å². The number of aromatic nitrogens is 1. The summed E-state index contributed by atoms with van der Waals surface area (Å²) in [5.41, 5.74) is 1.54. The molecule has 0 amide bonds. The number of halogens is 2. The van der Waals surface area contributed by atoms with Gasteiger partial charge < -0.3 is 15.5 Å². The zero-order valence-electron chi connectivity index (χ0n) is 15.6. The van der Waals surface area contributed by atoms with Crippen LogP contribution in [0.5, 0.6) is 0 Å². The minimum atomic E-state index is -0.555. The summed E-state index contributed by atoms with van der Waals surface area (Å²) in [5, 5.41) is 9.95. The quantitative estimate of drug-likeness (QED) is 0.585. The van der Waals surface area contributed by atoms with Gasteiger partial charge in [-0.2, -0.15) is 0 Å². The second-order valence-corrected chi connectivity index (χ2v) is 7.45. The van der Waals surface area contributed by atoms with E-state index >= 15 is 0 Å². The first-order valence-electron chi connectivity index (χ1n) is 9.19. The van der Waals surface area contributed by atoms with E-state index in [0.717, 1.165) is 55.1 Å². The molecule has 1 atom stereocenters. The molecular formula is C19H25F2N5S. The molecule has 1 unspecified atom stereocenters. The molecule has 2 aromatic rings. The zero-order chi connectivity index (χ0) is 19.2. The van der Waals surface area contributed by atoms with E-state index in [2.05, 4.69) is 32.9 Å². The summed E-state index contributed by atoms with van der Waals surface area (Å²) in [6.45, 7) is 4.22. The van der Waals surface area contributed by atoms with Crippen LogP contribution in [0.1, 0.15) is 24.0 Å². The monoisotopic (exact) mass is 393 g/mol. The maximum Gasteiger partial charge on any atom is 0.191 e. The number of hydrogen-bond acceptors (Lipinski definition) is 4. The molecule has 2 heterocycles. The van der Waals surface area contributed by atoms with Gasteiger partial charge in [-0.1, -0.05) is 6.92 Å². The van der Waals surface area contributed by atoms with Crippen LogP contribution in [0.25, 0.3) is 0 Å². The number of nitrogens with one attached hydrogen (secondary N) is 2. The van der Waals surface area contributed by atoms with E-state index in [9.17, 15) is 8.78 Å². The van der Waals surface area contributed by atoms with Gasteiger partial charge in [0.1, 0.15) is 11.6 Å². The second-order valence-electron chi connectivity index (χ2n) is 6.51. The number of benzene rings is 1. The molecule has 27 heavy (non-hydrogen) atoms. The van der Waals surface area contributed by atoms with Gasteiger partial charge in [-0.05, 0) is 25.0 Å². The first kappa shape index (κ1) is 19.5. The van der Waals surface area contributed by atoms with E-state index in [0.29, 0.717) is 12.2 Å². The van der Waals surface area contributed by atoms with Gasteiger partial charge in [0.05, 0.1) is 16.4 Å². The Labute approximate surface area is 162 Å². The highest BCUT2D eigenvalue weighted by Gasteiger charge is 2.25. The summed E-state index contributed by atoms with van der Waals surface area (Å²) < 4.78 is 27.1.